The fourth-order valence-electron chi connectivity index (χ4n) is 2.02. The summed E-state index contributed by atoms with van der Waals surface area (Å²) in [7, 11) is 0. The van der Waals surface area contributed by atoms with E-state index in [0.717, 1.165) is 13.1 Å². The van der Waals surface area contributed by atoms with Gasteiger partial charge in [0.2, 0.25) is 0 Å². The van der Waals surface area contributed by atoms with Crippen LogP contribution in [-0.2, 0) is 4.74 Å². The van der Waals surface area contributed by atoms with Crippen molar-refractivity contribution in [2.75, 3.05) is 13.1 Å². The van der Waals surface area contributed by atoms with Gasteiger partial charge in [0.15, 0.2) is 0 Å². The van der Waals surface area contributed by atoms with E-state index in [1.807, 2.05) is 20.8 Å². The number of ether oxygens (including phenoxy) is 1. The topological polar surface area (TPSA) is 50.4 Å². The van der Waals surface area contributed by atoms with E-state index in [4.69, 9.17) is 4.74 Å². The number of amides is 1. The first-order chi connectivity index (χ1) is 7.29. The molecule has 1 aliphatic rings. The zero-order valence-electron chi connectivity index (χ0n) is 11.0. The molecule has 4 heteroatoms. The molecule has 1 fully saturated rings. The van der Waals surface area contributed by atoms with E-state index in [9.17, 15) is 4.79 Å². The molecule has 1 amide bonds. The van der Waals surface area contributed by atoms with Gasteiger partial charge in [-0.1, -0.05) is 13.8 Å². The summed E-state index contributed by atoms with van der Waals surface area (Å²) in [5.74, 6) is 1.06. The van der Waals surface area contributed by atoms with E-state index in [-0.39, 0.29) is 12.1 Å². The van der Waals surface area contributed by atoms with Gasteiger partial charge in [-0.3, -0.25) is 0 Å². The molecule has 0 bridgehead atoms. The van der Waals surface area contributed by atoms with Crippen molar-refractivity contribution in [1.82, 2.24) is 10.6 Å². The SMILES string of the molecule is CC(C)C1CNCC1NC(=O)OC(C)(C)C. The van der Waals surface area contributed by atoms with Gasteiger partial charge in [-0.15, -0.1) is 0 Å². The van der Waals surface area contributed by atoms with Crippen LogP contribution in [0.3, 0.4) is 0 Å². The van der Waals surface area contributed by atoms with E-state index >= 15 is 0 Å². The monoisotopic (exact) mass is 228 g/mol. The summed E-state index contributed by atoms with van der Waals surface area (Å²) >= 11 is 0. The highest BCUT2D eigenvalue weighted by Crippen LogP contribution is 2.19. The second-order valence-corrected chi connectivity index (χ2v) is 5.82. The molecule has 2 atom stereocenters. The van der Waals surface area contributed by atoms with E-state index in [1.54, 1.807) is 0 Å². The molecule has 1 aliphatic heterocycles. The Morgan fingerprint density at radius 1 is 1.38 bits per heavy atom. The highest BCUT2D eigenvalue weighted by Gasteiger charge is 2.31. The predicted octanol–water partition coefficient (Wildman–Crippen LogP) is 1.76. The summed E-state index contributed by atoms with van der Waals surface area (Å²) in [5, 5.41) is 6.24. The van der Waals surface area contributed by atoms with Crippen LogP contribution in [0.1, 0.15) is 34.6 Å². The lowest BCUT2D eigenvalue weighted by Crippen LogP contribution is -2.44. The van der Waals surface area contributed by atoms with E-state index in [1.165, 1.54) is 0 Å². The predicted molar refractivity (Wildman–Crippen MR) is 64.4 cm³/mol. The van der Waals surface area contributed by atoms with Crippen LogP contribution in [-0.4, -0.2) is 30.8 Å². The normalized spacial score (nSPS) is 25.9. The molecule has 0 radical (unpaired) electrons. The van der Waals surface area contributed by atoms with Crippen LogP contribution in [0, 0.1) is 11.8 Å². The lowest BCUT2D eigenvalue weighted by atomic mass is 9.91. The Hall–Kier alpha value is -0.770. The lowest BCUT2D eigenvalue weighted by Gasteiger charge is -2.25. The first-order valence-electron chi connectivity index (χ1n) is 6.00. The van der Waals surface area contributed by atoms with E-state index < -0.39 is 5.60 Å². The molecule has 2 unspecified atom stereocenters. The van der Waals surface area contributed by atoms with Crippen molar-refractivity contribution in [3.63, 3.8) is 0 Å². The van der Waals surface area contributed by atoms with Crippen LogP contribution in [0.25, 0.3) is 0 Å². The number of alkyl carbamates (subject to hydrolysis) is 1. The molecule has 0 aromatic rings. The highest BCUT2D eigenvalue weighted by atomic mass is 16.6. The van der Waals surface area contributed by atoms with Crippen molar-refractivity contribution in [2.24, 2.45) is 11.8 Å². The van der Waals surface area contributed by atoms with Gasteiger partial charge in [-0.05, 0) is 32.6 Å². The van der Waals surface area contributed by atoms with Crippen LogP contribution in [0.5, 0.6) is 0 Å². The maximum atomic E-state index is 11.6. The lowest BCUT2D eigenvalue weighted by molar-refractivity contribution is 0.0491. The average Bonchev–Trinajstić information content (AvgIpc) is 2.47. The van der Waals surface area contributed by atoms with Gasteiger partial charge in [0, 0.05) is 19.1 Å². The zero-order chi connectivity index (χ0) is 12.3. The minimum absolute atomic E-state index is 0.190. The van der Waals surface area contributed by atoms with Crippen LogP contribution in [0.15, 0.2) is 0 Å². The van der Waals surface area contributed by atoms with Crippen LogP contribution in [0.4, 0.5) is 4.79 Å². The maximum absolute atomic E-state index is 11.6. The van der Waals surface area contributed by atoms with Gasteiger partial charge >= 0.3 is 6.09 Å². The molecule has 0 aromatic carbocycles. The van der Waals surface area contributed by atoms with Crippen molar-refractivity contribution in [3.8, 4) is 0 Å². The Morgan fingerprint density at radius 3 is 2.50 bits per heavy atom. The first kappa shape index (κ1) is 13.3. The quantitative estimate of drug-likeness (QED) is 0.757. The Bertz CT molecular complexity index is 246. The number of hydrogen-bond donors (Lipinski definition) is 2. The van der Waals surface area contributed by atoms with Crippen LogP contribution >= 0.6 is 0 Å². The molecule has 94 valence electrons. The largest absolute Gasteiger partial charge is 0.444 e. The average molecular weight is 228 g/mol. The number of rotatable bonds is 2. The summed E-state index contributed by atoms with van der Waals surface area (Å²) < 4.78 is 5.25. The van der Waals surface area contributed by atoms with Crippen molar-refractivity contribution in [2.45, 2.75) is 46.3 Å². The minimum Gasteiger partial charge on any atom is -0.444 e. The molecule has 1 heterocycles. The summed E-state index contributed by atoms with van der Waals surface area (Å²) in [5.41, 5.74) is -0.427. The van der Waals surface area contributed by atoms with Gasteiger partial charge in [-0.25, -0.2) is 4.79 Å². The minimum atomic E-state index is -0.427. The van der Waals surface area contributed by atoms with Crippen molar-refractivity contribution >= 4 is 6.09 Å². The van der Waals surface area contributed by atoms with Crippen molar-refractivity contribution in [3.05, 3.63) is 0 Å². The Morgan fingerprint density at radius 2 is 2.00 bits per heavy atom. The van der Waals surface area contributed by atoms with Gasteiger partial charge in [-0.2, -0.15) is 0 Å². The first-order valence-corrected chi connectivity index (χ1v) is 6.00. The summed E-state index contributed by atoms with van der Waals surface area (Å²) in [6.07, 6.45) is -0.313. The molecule has 0 aliphatic carbocycles. The molecular formula is C12H24N2O2. The summed E-state index contributed by atoms with van der Waals surface area (Å²) in [6.45, 7) is 11.8. The second-order valence-electron chi connectivity index (χ2n) is 5.82. The van der Waals surface area contributed by atoms with E-state index in [2.05, 4.69) is 24.5 Å². The van der Waals surface area contributed by atoms with Gasteiger partial charge in [0.1, 0.15) is 5.60 Å². The summed E-state index contributed by atoms with van der Waals surface area (Å²) in [6, 6.07) is 0.190. The number of hydrogen-bond acceptors (Lipinski definition) is 3. The van der Waals surface area contributed by atoms with Crippen molar-refractivity contribution in [1.29, 1.82) is 0 Å². The Kier molecular flexibility index (Phi) is 4.19. The Balaban J connectivity index is 2.44. The molecule has 0 saturated carbocycles. The third-order valence-electron chi connectivity index (χ3n) is 2.82. The fraction of sp³-hybridized carbons (Fsp3) is 0.917. The van der Waals surface area contributed by atoms with Crippen molar-refractivity contribution < 1.29 is 9.53 Å². The molecule has 4 nitrogen and oxygen atoms in total. The third-order valence-corrected chi connectivity index (χ3v) is 2.82. The van der Waals surface area contributed by atoms with Gasteiger partial charge < -0.3 is 15.4 Å². The second kappa shape index (κ2) is 5.04. The molecular weight excluding hydrogens is 204 g/mol. The molecule has 1 rings (SSSR count). The molecule has 0 aromatic heterocycles. The smallest absolute Gasteiger partial charge is 0.407 e. The van der Waals surface area contributed by atoms with Gasteiger partial charge in [0.05, 0.1) is 0 Å². The molecule has 0 spiro atoms. The molecule has 2 N–H and O–H groups in total. The third kappa shape index (κ3) is 4.00. The maximum Gasteiger partial charge on any atom is 0.407 e. The number of carbonyl (C=O) groups excluding carboxylic acids is 1. The highest BCUT2D eigenvalue weighted by molar-refractivity contribution is 5.68. The number of carbonyl (C=O) groups is 1. The Labute approximate surface area is 98.1 Å². The molecule has 1 saturated heterocycles. The van der Waals surface area contributed by atoms with E-state index in [0.29, 0.717) is 11.8 Å². The fourth-order valence-corrected chi connectivity index (χ4v) is 2.02. The standard InChI is InChI=1S/C12H24N2O2/c1-8(2)9-6-13-7-10(9)14-11(15)16-12(3,4)5/h8-10,13H,6-7H2,1-5H3,(H,14,15). The van der Waals surface area contributed by atoms with Gasteiger partial charge in [0.25, 0.3) is 0 Å². The van der Waals surface area contributed by atoms with Crippen LogP contribution < -0.4 is 10.6 Å². The zero-order valence-corrected chi connectivity index (χ0v) is 11.0. The number of nitrogens with one attached hydrogen (secondary N) is 2. The summed E-state index contributed by atoms with van der Waals surface area (Å²) in [4.78, 5) is 11.6. The van der Waals surface area contributed by atoms with Crippen LogP contribution in [0.2, 0.25) is 0 Å². The molecule has 16 heavy (non-hydrogen) atoms.